The standard InChI is InChI=1S/C16H13N3O3S/c1-11-15(23-14-9-7-13(8-10-14)19(21)22)16(20)18(17-11)12-5-3-2-4-6-12/h2-10,15H,1H3. The molecule has 2 aromatic carbocycles. The van der Waals surface area contributed by atoms with Crippen molar-refractivity contribution < 1.29 is 9.72 Å². The SMILES string of the molecule is CC1=NN(c2ccccc2)C(=O)C1Sc1ccc([N+](=O)[O-])cc1. The second-order valence-corrected chi connectivity index (χ2v) is 6.15. The molecule has 1 amide bonds. The first kappa shape index (κ1) is 15.2. The van der Waals surface area contributed by atoms with Crippen molar-refractivity contribution in [1.82, 2.24) is 0 Å². The molecule has 1 aliphatic rings. The molecule has 7 heteroatoms. The number of carbonyl (C=O) groups excluding carboxylic acids is 1. The number of amides is 1. The number of hydrazone groups is 1. The summed E-state index contributed by atoms with van der Waals surface area (Å²) in [5.74, 6) is -0.114. The van der Waals surface area contributed by atoms with Gasteiger partial charge in [0.05, 0.1) is 16.3 Å². The second-order valence-electron chi connectivity index (χ2n) is 4.98. The van der Waals surface area contributed by atoms with Gasteiger partial charge in [-0.05, 0) is 31.2 Å². The number of non-ortho nitro benzene ring substituents is 1. The van der Waals surface area contributed by atoms with E-state index in [9.17, 15) is 14.9 Å². The largest absolute Gasteiger partial charge is 0.271 e. The fourth-order valence-corrected chi connectivity index (χ4v) is 3.21. The quantitative estimate of drug-likeness (QED) is 0.636. The van der Waals surface area contributed by atoms with Crippen LogP contribution in [0.2, 0.25) is 0 Å². The fourth-order valence-electron chi connectivity index (χ4n) is 2.22. The van der Waals surface area contributed by atoms with Crippen LogP contribution in [0.4, 0.5) is 11.4 Å². The van der Waals surface area contributed by atoms with Gasteiger partial charge in [0, 0.05) is 17.0 Å². The number of nitrogens with zero attached hydrogens (tertiary/aromatic N) is 3. The van der Waals surface area contributed by atoms with E-state index in [2.05, 4.69) is 5.10 Å². The molecule has 0 spiro atoms. The van der Waals surface area contributed by atoms with Crippen molar-refractivity contribution in [3.63, 3.8) is 0 Å². The van der Waals surface area contributed by atoms with Gasteiger partial charge in [0.25, 0.3) is 11.6 Å². The monoisotopic (exact) mass is 327 g/mol. The number of benzene rings is 2. The number of hydrogen-bond donors (Lipinski definition) is 0. The molecule has 116 valence electrons. The van der Waals surface area contributed by atoms with Gasteiger partial charge in [-0.25, -0.2) is 0 Å². The predicted molar refractivity (Wildman–Crippen MR) is 89.8 cm³/mol. The van der Waals surface area contributed by atoms with Crippen LogP contribution in [0.1, 0.15) is 6.92 Å². The van der Waals surface area contributed by atoms with Crippen LogP contribution in [0.15, 0.2) is 64.6 Å². The van der Waals surface area contributed by atoms with E-state index in [1.54, 1.807) is 12.1 Å². The highest BCUT2D eigenvalue weighted by Gasteiger charge is 2.35. The molecule has 1 aliphatic heterocycles. The van der Waals surface area contributed by atoms with E-state index in [-0.39, 0.29) is 11.6 Å². The Kier molecular flexibility index (Phi) is 4.12. The molecule has 0 saturated heterocycles. The number of para-hydroxylation sites is 1. The summed E-state index contributed by atoms with van der Waals surface area (Å²) >= 11 is 1.34. The van der Waals surface area contributed by atoms with Crippen molar-refractivity contribution in [2.24, 2.45) is 5.10 Å². The zero-order valence-corrected chi connectivity index (χ0v) is 13.1. The Labute approximate surface area is 137 Å². The van der Waals surface area contributed by atoms with Crippen LogP contribution in [0.5, 0.6) is 0 Å². The number of nitro benzene ring substituents is 1. The molecule has 1 heterocycles. The van der Waals surface area contributed by atoms with Crippen LogP contribution in [0, 0.1) is 10.1 Å². The maximum Gasteiger partial charge on any atom is 0.269 e. The van der Waals surface area contributed by atoms with Gasteiger partial charge >= 0.3 is 0 Å². The lowest BCUT2D eigenvalue weighted by atomic mass is 10.3. The van der Waals surface area contributed by atoms with Crippen LogP contribution in [0.3, 0.4) is 0 Å². The minimum Gasteiger partial charge on any atom is -0.271 e. The first-order chi connectivity index (χ1) is 11.1. The molecule has 0 bridgehead atoms. The lowest BCUT2D eigenvalue weighted by Gasteiger charge is -2.14. The molecule has 6 nitrogen and oxygen atoms in total. The van der Waals surface area contributed by atoms with Gasteiger partial charge in [-0.1, -0.05) is 18.2 Å². The van der Waals surface area contributed by atoms with Crippen molar-refractivity contribution in [1.29, 1.82) is 0 Å². The first-order valence-corrected chi connectivity index (χ1v) is 7.79. The maximum atomic E-state index is 12.6. The minimum atomic E-state index is -0.445. The zero-order chi connectivity index (χ0) is 16.4. The Bertz CT molecular complexity index is 775. The summed E-state index contributed by atoms with van der Waals surface area (Å²) in [6.07, 6.45) is 0. The number of rotatable bonds is 4. The molecule has 0 radical (unpaired) electrons. The average molecular weight is 327 g/mol. The van der Waals surface area contributed by atoms with Crippen molar-refractivity contribution in [3.8, 4) is 0 Å². The van der Waals surface area contributed by atoms with Crippen molar-refractivity contribution in [2.75, 3.05) is 5.01 Å². The lowest BCUT2D eigenvalue weighted by molar-refractivity contribution is -0.384. The van der Waals surface area contributed by atoms with Gasteiger partial charge in [0.1, 0.15) is 5.25 Å². The molecular weight excluding hydrogens is 314 g/mol. The molecule has 0 N–H and O–H groups in total. The molecule has 0 aromatic heterocycles. The Morgan fingerprint density at radius 2 is 1.78 bits per heavy atom. The van der Waals surface area contributed by atoms with Crippen LogP contribution in [-0.4, -0.2) is 21.8 Å². The van der Waals surface area contributed by atoms with Gasteiger partial charge in [-0.3, -0.25) is 14.9 Å². The lowest BCUT2D eigenvalue weighted by Crippen LogP contribution is -2.28. The topological polar surface area (TPSA) is 75.8 Å². The summed E-state index contributed by atoms with van der Waals surface area (Å²) < 4.78 is 0. The van der Waals surface area contributed by atoms with E-state index in [1.807, 2.05) is 37.3 Å². The molecule has 2 aromatic rings. The van der Waals surface area contributed by atoms with Crippen molar-refractivity contribution in [3.05, 3.63) is 64.7 Å². The fraction of sp³-hybridized carbons (Fsp3) is 0.125. The molecular formula is C16H13N3O3S. The summed E-state index contributed by atoms with van der Waals surface area (Å²) in [6, 6.07) is 15.4. The van der Waals surface area contributed by atoms with E-state index in [4.69, 9.17) is 0 Å². The van der Waals surface area contributed by atoms with Crippen LogP contribution in [-0.2, 0) is 4.79 Å². The highest BCUT2D eigenvalue weighted by atomic mass is 32.2. The van der Waals surface area contributed by atoms with Gasteiger partial charge in [-0.2, -0.15) is 10.1 Å². The number of anilines is 1. The van der Waals surface area contributed by atoms with Crippen LogP contribution >= 0.6 is 11.8 Å². The Morgan fingerprint density at radius 1 is 1.13 bits per heavy atom. The summed E-state index contributed by atoms with van der Waals surface area (Å²) in [4.78, 5) is 23.6. The molecule has 0 aliphatic carbocycles. The number of thioether (sulfide) groups is 1. The minimum absolute atomic E-state index is 0.0309. The summed E-state index contributed by atoms with van der Waals surface area (Å²) in [7, 11) is 0. The second kappa shape index (κ2) is 6.21. The van der Waals surface area contributed by atoms with E-state index in [0.29, 0.717) is 5.71 Å². The zero-order valence-electron chi connectivity index (χ0n) is 12.2. The van der Waals surface area contributed by atoms with E-state index >= 15 is 0 Å². The van der Waals surface area contributed by atoms with Gasteiger partial charge in [0.15, 0.2) is 0 Å². The van der Waals surface area contributed by atoms with E-state index in [0.717, 1.165) is 10.6 Å². The highest BCUT2D eigenvalue weighted by molar-refractivity contribution is 8.01. The average Bonchev–Trinajstić information content (AvgIpc) is 2.84. The third-order valence-corrected chi connectivity index (χ3v) is 4.70. The maximum absolute atomic E-state index is 12.6. The van der Waals surface area contributed by atoms with Gasteiger partial charge < -0.3 is 0 Å². The van der Waals surface area contributed by atoms with Gasteiger partial charge in [0.2, 0.25) is 0 Å². The predicted octanol–water partition coefficient (Wildman–Crippen LogP) is 3.48. The molecule has 0 saturated carbocycles. The Balaban J connectivity index is 1.78. The van der Waals surface area contributed by atoms with E-state index in [1.165, 1.54) is 28.9 Å². The number of carbonyl (C=O) groups is 1. The summed E-state index contributed by atoms with van der Waals surface area (Å²) in [5.41, 5.74) is 1.47. The summed E-state index contributed by atoms with van der Waals surface area (Å²) in [6.45, 7) is 1.81. The van der Waals surface area contributed by atoms with Crippen molar-refractivity contribution in [2.45, 2.75) is 17.1 Å². The first-order valence-electron chi connectivity index (χ1n) is 6.91. The van der Waals surface area contributed by atoms with Crippen molar-refractivity contribution >= 4 is 34.8 Å². The van der Waals surface area contributed by atoms with Crippen LogP contribution in [0.25, 0.3) is 0 Å². The Hall–Kier alpha value is -2.67. The summed E-state index contributed by atoms with van der Waals surface area (Å²) in [5, 5.41) is 16.0. The molecule has 0 fully saturated rings. The molecule has 1 unspecified atom stereocenters. The third kappa shape index (κ3) is 3.09. The Morgan fingerprint density at radius 3 is 2.39 bits per heavy atom. The number of nitro groups is 1. The van der Waals surface area contributed by atoms with Crippen LogP contribution < -0.4 is 5.01 Å². The smallest absolute Gasteiger partial charge is 0.269 e. The molecule has 3 rings (SSSR count). The molecule has 1 atom stereocenters. The van der Waals surface area contributed by atoms with E-state index < -0.39 is 10.2 Å². The normalized spacial score (nSPS) is 17.3. The third-order valence-electron chi connectivity index (χ3n) is 3.37. The van der Waals surface area contributed by atoms with Gasteiger partial charge in [-0.15, -0.1) is 11.8 Å². The number of hydrogen-bond acceptors (Lipinski definition) is 5. The highest BCUT2D eigenvalue weighted by Crippen LogP contribution is 2.32. The molecule has 23 heavy (non-hydrogen) atoms.